The number of hydrogen-bond donors (Lipinski definition) is 0. The fourth-order valence-electron chi connectivity index (χ4n) is 2.29. The summed E-state index contributed by atoms with van der Waals surface area (Å²) in [5.74, 6) is 0. The van der Waals surface area contributed by atoms with Gasteiger partial charge in [0.2, 0.25) is 0 Å². The number of allylic oxidation sites excluding steroid dienone is 8. The molecule has 1 nitrogen and oxygen atoms in total. The molecule has 0 aliphatic heterocycles. The Hall–Kier alpha value is 0.600. The van der Waals surface area contributed by atoms with E-state index in [0.29, 0.717) is 0 Å². The Kier molecular flexibility index (Phi) is 10.7. The van der Waals surface area contributed by atoms with Gasteiger partial charge in [0.15, 0.2) is 0 Å². The number of halogens is 2. The fraction of sp³-hybridized carbons (Fsp3) is 0.500. The van der Waals surface area contributed by atoms with Crippen molar-refractivity contribution in [3.05, 3.63) is 42.5 Å². The average molecular weight is 423 g/mol. The van der Waals surface area contributed by atoms with Crippen molar-refractivity contribution < 1.29 is 52.5 Å². The third-order valence-electron chi connectivity index (χ3n) is 3.24. The maximum atomic E-state index is 5.94. The van der Waals surface area contributed by atoms with Crippen LogP contribution in [0.4, 0.5) is 0 Å². The molecule has 0 unspecified atom stereocenters. The zero-order valence-corrected chi connectivity index (χ0v) is 18.1. The molecule has 5 heteroatoms. The molecule has 0 fully saturated rings. The Morgan fingerprint density at radius 2 is 1.90 bits per heavy atom. The van der Waals surface area contributed by atoms with Crippen LogP contribution in [0.25, 0.3) is 0 Å². The largest absolute Gasteiger partial charge is 1.00 e. The van der Waals surface area contributed by atoms with Crippen LogP contribution in [0.3, 0.4) is 0 Å². The zero-order valence-electron chi connectivity index (χ0n) is 13.1. The van der Waals surface area contributed by atoms with E-state index in [1.807, 2.05) is 0 Å². The minimum Gasteiger partial charge on any atom is -1.00 e. The van der Waals surface area contributed by atoms with Crippen LogP contribution in [0.2, 0.25) is 19.6 Å². The van der Waals surface area contributed by atoms with E-state index in [1.54, 1.807) is 12.1 Å². The van der Waals surface area contributed by atoms with Crippen molar-refractivity contribution in [2.75, 3.05) is 6.61 Å². The van der Waals surface area contributed by atoms with Crippen LogP contribution in [0.5, 0.6) is 0 Å². The van der Waals surface area contributed by atoms with Gasteiger partial charge < -0.3 is 24.8 Å². The minimum absolute atomic E-state index is 0. The number of hydrogen-bond acceptors (Lipinski definition) is 1. The van der Waals surface area contributed by atoms with Crippen molar-refractivity contribution in [1.82, 2.24) is 0 Å². The maximum absolute atomic E-state index is 5.94. The molecule has 0 N–H and O–H groups in total. The van der Waals surface area contributed by atoms with E-state index in [-0.39, 0.29) is 24.8 Å². The molecule has 0 heterocycles. The van der Waals surface area contributed by atoms with Gasteiger partial charge in [0.25, 0.3) is 0 Å². The van der Waals surface area contributed by atoms with Gasteiger partial charge in [0, 0.05) is 0 Å². The minimum atomic E-state index is -1.32. The van der Waals surface area contributed by atoms with Crippen LogP contribution in [0, 0.1) is 0 Å². The Morgan fingerprint density at radius 1 is 1.14 bits per heavy atom. The second-order valence-electron chi connectivity index (χ2n) is 6.12. The Morgan fingerprint density at radius 3 is 2.52 bits per heavy atom. The van der Waals surface area contributed by atoms with Crippen molar-refractivity contribution >= 4 is 8.32 Å². The predicted molar refractivity (Wildman–Crippen MR) is 81.2 cm³/mol. The first-order chi connectivity index (χ1) is 9.04. The molecule has 0 aromatic heterocycles. The van der Waals surface area contributed by atoms with Gasteiger partial charge in [0.1, 0.15) is 0 Å². The summed E-state index contributed by atoms with van der Waals surface area (Å²) in [6, 6.07) is 0. The van der Waals surface area contributed by atoms with E-state index in [2.05, 4.69) is 50.0 Å². The summed E-state index contributed by atoms with van der Waals surface area (Å²) >= 11 is -0.460. The maximum Gasteiger partial charge on any atom is -1.00 e. The summed E-state index contributed by atoms with van der Waals surface area (Å²) in [6.07, 6.45) is 16.4. The van der Waals surface area contributed by atoms with Crippen LogP contribution in [-0.2, 0) is 27.7 Å². The van der Waals surface area contributed by atoms with Gasteiger partial charge in [-0.15, -0.1) is 0 Å². The molecule has 0 spiro atoms. The van der Waals surface area contributed by atoms with Crippen molar-refractivity contribution in [3.8, 4) is 0 Å². The monoisotopic (exact) mass is 420 g/mol. The van der Waals surface area contributed by atoms with Crippen molar-refractivity contribution in [1.29, 1.82) is 0 Å². The molecule has 0 aromatic rings. The molecule has 2 rings (SSSR count). The molecule has 0 aromatic carbocycles. The topological polar surface area (TPSA) is 9.23 Å². The third kappa shape index (κ3) is 8.13. The second kappa shape index (κ2) is 10.4. The summed E-state index contributed by atoms with van der Waals surface area (Å²) in [5, 5.41) is 0. The van der Waals surface area contributed by atoms with Gasteiger partial charge in [-0.25, -0.2) is 0 Å². The molecule has 0 atom stereocenters. The first-order valence-corrected chi connectivity index (χ1v) is 13.1. The van der Waals surface area contributed by atoms with Gasteiger partial charge in [-0.3, -0.25) is 0 Å². The molecule has 2 aliphatic carbocycles. The van der Waals surface area contributed by atoms with Gasteiger partial charge in [-0.1, -0.05) is 0 Å². The van der Waals surface area contributed by atoms with Gasteiger partial charge in [0.05, 0.1) is 0 Å². The SMILES string of the molecule is C[Si](C)(C)OCCCC1=[C]([Zr+2][C]2=CC=CC2)CC=C1.[Cl-].[Cl-]. The summed E-state index contributed by atoms with van der Waals surface area (Å²) in [7, 11) is -1.32. The molecule has 0 bridgehead atoms. The first-order valence-electron chi connectivity index (χ1n) is 7.20. The Bertz CT molecular complexity index is 448. The molecule has 116 valence electrons. The number of rotatable bonds is 7. The van der Waals surface area contributed by atoms with Gasteiger partial charge in [-0.05, 0) is 0 Å². The Labute approximate surface area is 154 Å². The molecule has 0 saturated carbocycles. The molecule has 2 aliphatic rings. The van der Waals surface area contributed by atoms with E-state index in [1.165, 1.54) is 25.7 Å². The van der Waals surface area contributed by atoms with Crippen LogP contribution in [-0.4, -0.2) is 14.9 Å². The standard InChI is InChI=1S/C11H19OSi.C5H5.2ClH.Zr/c1-13(2,3)12-10-6-9-11-7-4-5-8-11;1-2-4-5-3-1;;;/h4,7H,5-6,9-10H2,1-3H3;1-3H,4H2;2*1H;/q;;;;+2/p-2. The third-order valence-corrected chi connectivity index (χ3v) is 8.04. The van der Waals surface area contributed by atoms with E-state index >= 15 is 0 Å². The normalized spacial score (nSPS) is 16.4. The first kappa shape index (κ1) is 21.6. The van der Waals surface area contributed by atoms with Crippen molar-refractivity contribution in [3.63, 3.8) is 0 Å². The summed E-state index contributed by atoms with van der Waals surface area (Å²) in [5.41, 5.74) is 1.64. The van der Waals surface area contributed by atoms with Crippen LogP contribution in [0.1, 0.15) is 25.7 Å². The van der Waals surface area contributed by atoms with Crippen LogP contribution < -0.4 is 24.8 Å². The molecular formula is C16H24Cl2OSiZr. The molecule has 0 saturated heterocycles. The smallest absolute Gasteiger partial charge is 1.00 e. The van der Waals surface area contributed by atoms with E-state index in [4.69, 9.17) is 4.43 Å². The van der Waals surface area contributed by atoms with E-state index in [0.717, 1.165) is 6.61 Å². The quantitative estimate of drug-likeness (QED) is 0.369. The van der Waals surface area contributed by atoms with E-state index in [9.17, 15) is 0 Å². The van der Waals surface area contributed by atoms with Gasteiger partial charge >= 0.3 is 130 Å². The summed E-state index contributed by atoms with van der Waals surface area (Å²) in [4.78, 5) is 0. The molecule has 21 heavy (non-hydrogen) atoms. The molecular weight excluding hydrogens is 398 g/mol. The van der Waals surface area contributed by atoms with Gasteiger partial charge in [-0.2, -0.15) is 0 Å². The average Bonchev–Trinajstić information content (AvgIpc) is 2.96. The second-order valence-corrected chi connectivity index (χ2v) is 14.3. The summed E-state index contributed by atoms with van der Waals surface area (Å²) < 4.78 is 9.47. The molecule has 0 radical (unpaired) electrons. The molecule has 0 amide bonds. The Balaban J connectivity index is 0.00000200. The summed E-state index contributed by atoms with van der Waals surface area (Å²) in [6.45, 7) is 7.74. The fourth-order valence-corrected chi connectivity index (χ4v) is 6.43. The van der Waals surface area contributed by atoms with Crippen LogP contribution in [0.15, 0.2) is 42.5 Å². The predicted octanol–water partition coefficient (Wildman–Crippen LogP) is -1.23. The van der Waals surface area contributed by atoms with Crippen molar-refractivity contribution in [2.24, 2.45) is 0 Å². The van der Waals surface area contributed by atoms with Crippen molar-refractivity contribution in [2.45, 2.75) is 45.3 Å². The van der Waals surface area contributed by atoms with Crippen LogP contribution >= 0.6 is 0 Å². The zero-order chi connectivity index (χ0) is 13.7. The van der Waals surface area contributed by atoms with E-state index < -0.39 is 31.6 Å².